The Labute approximate surface area is 232 Å². The van der Waals surface area contributed by atoms with E-state index in [1.807, 2.05) is 0 Å². The second kappa shape index (κ2) is 8.21. The Balaban J connectivity index is 1.54. The van der Waals surface area contributed by atoms with Crippen molar-refractivity contribution in [1.82, 2.24) is 9.13 Å². The van der Waals surface area contributed by atoms with Gasteiger partial charge in [-0.15, -0.1) is 0 Å². The van der Waals surface area contributed by atoms with E-state index in [-0.39, 0.29) is 0 Å². The molecule has 0 saturated carbocycles. The van der Waals surface area contributed by atoms with E-state index in [1.54, 1.807) is 0 Å². The van der Waals surface area contributed by atoms with Crippen molar-refractivity contribution in [3.63, 3.8) is 0 Å². The number of fused-ring (bicyclic) bond motifs is 8. The molecule has 0 atom stereocenters. The molecule has 2 aromatic heterocycles. The van der Waals surface area contributed by atoms with Gasteiger partial charge in [0.05, 0.1) is 22.1 Å². The van der Waals surface area contributed by atoms with Crippen LogP contribution < -0.4 is 0 Å². The maximum absolute atomic E-state index is 2.61. The van der Waals surface area contributed by atoms with Crippen LogP contribution in [0.25, 0.3) is 71.6 Å². The van der Waals surface area contributed by atoms with Crippen molar-refractivity contribution < 1.29 is 0 Å². The Morgan fingerprint density at radius 2 is 0.950 bits per heavy atom. The Morgan fingerprint density at radius 3 is 1.65 bits per heavy atom. The standard InChI is InChI=1S/C38H26N2/c1-3-11-25(12-4-1)28-16-9-18-30-32-21-22-33-31-19-10-17-29(26-13-5-2-6-14-26)36(31)40-34-20-8-7-15-27(34)23-24-39(35(28)30)37(32)38(33)40/h1-22H,23-24H2. The first-order chi connectivity index (χ1) is 19.9. The minimum absolute atomic E-state index is 0.938. The van der Waals surface area contributed by atoms with E-state index in [0.29, 0.717) is 0 Å². The molecule has 1 aliphatic heterocycles. The Hall–Kier alpha value is -5.08. The quantitative estimate of drug-likeness (QED) is 0.219. The van der Waals surface area contributed by atoms with E-state index in [9.17, 15) is 0 Å². The molecule has 0 spiro atoms. The molecule has 0 N–H and O–H groups in total. The van der Waals surface area contributed by atoms with Gasteiger partial charge in [-0.3, -0.25) is 0 Å². The monoisotopic (exact) mass is 510 g/mol. The van der Waals surface area contributed by atoms with Gasteiger partial charge in [-0.05, 0) is 29.2 Å². The van der Waals surface area contributed by atoms with Crippen molar-refractivity contribution in [2.45, 2.75) is 13.0 Å². The van der Waals surface area contributed by atoms with Crippen LogP contribution in [0.3, 0.4) is 0 Å². The van der Waals surface area contributed by atoms with E-state index in [4.69, 9.17) is 0 Å². The first kappa shape index (κ1) is 21.8. The third-order valence-corrected chi connectivity index (χ3v) is 8.80. The summed E-state index contributed by atoms with van der Waals surface area (Å²) in [6.45, 7) is 0.938. The van der Waals surface area contributed by atoms with Gasteiger partial charge in [0.1, 0.15) is 0 Å². The molecule has 1 aliphatic rings. The topological polar surface area (TPSA) is 9.86 Å². The third kappa shape index (κ3) is 2.88. The molecule has 0 amide bonds. The molecule has 0 bridgehead atoms. The molecule has 6 aromatic carbocycles. The van der Waals surface area contributed by atoms with Crippen LogP contribution in [0.1, 0.15) is 5.56 Å². The number of rotatable bonds is 2. The first-order valence-electron chi connectivity index (χ1n) is 14.1. The summed E-state index contributed by atoms with van der Waals surface area (Å²) in [5.41, 5.74) is 13.0. The maximum atomic E-state index is 2.61. The molecule has 3 heterocycles. The lowest BCUT2D eigenvalue weighted by molar-refractivity contribution is 0.738. The molecular formula is C38H26N2. The van der Waals surface area contributed by atoms with E-state index in [2.05, 4.69) is 143 Å². The fourth-order valence-corrected chi connectivity index (χ4v) is 7.13. The number of aromatic nitrogens is 2. The second-order valence-corrected chi connectivity index (χ2v) is 10.9. The minimum atomic E-state index is 0.938. The van der Waals surface area contributed by atoms with Crippen molar-refractivity contribution in [3.05, 3.63) is 139 Å². The number of nitrogens with zero attached hydrogens (tertiary/aromatic N) is 2. The average Bonchev–Trinajstić information content (AvgIpc) is 3.53. The highest BCUT2D eigenvalue weighted by Gasteiger charge is 2.25. The van der Waals surface area contributed by atoms with Crippen LogP contribution >= 0.6 is 0 Å². The third-order valence-electron chi connectivity index (χ3n) is 8.80. The second-order valence-electron chi connectivity index (χ2n) is 10.9. The molecular weight excluding hydrogens is 484 g/mol. The van der Waals surface area contributed by atoms with Gasteiger partial charge < -0.3 is 9.13 Å². The van der Waals surface area contributed by atoms with Crippen LogP contribution in [-0.4, -0.2) is 9.13 Å². The number of hydrogen-bond acceptors (Lipinski definition) is 0. The molecule has 0 radical (unpaired) electrons. The fraction of sp³-hybridized carbons (Fsp3) is 0.0526. The highest BCUT2D eigenvalue weighted by Crippen LogP contribution is 2.45. The van der Waals surface area contributed by atoms with Crippen molar-refractivity contribution in [3.8, 4) is 27.9 Å². The van der Waals surface area contributed by atoms with E-state index in [1.165, 1.54) is 77.1 Å². The zero-order chi connectivity index (χ0) is 26.2. The first-order valence-corrected chi connectivity index (χ1v) is 14.1. The maximum Gasteiger partial charge on any atom is 0.0785 e. The summed E-state index contributed by atoms with van der Waals surface area (Å²) in [5, 5.41) is 5.26. The summed E-state index contributed by atoms with van der Waals surface area (Å²) < 4.78 is 5.18. The number of benzene rings is 6. The highest BCUT2D eigenvalue weighted by molar-refractivity contribution is 6.25. The van der Waals surface area contributed by atoms with Crippen LogP contribution in [0.4, 0.5) is 0 Å². The predicted molar refractivity (Wildman–Crippen MR) is 168 cm³/mol. The van der Waals surface area contributed by atoms with Crippen molar-refractivity contribution in [2.24, 2.45) is 0 Å². The zero-order valence-corrected chi connectivity index (χ0v) is 22.0. The molecule has 0 saturated heterocycles. The predicted octanol–water partition coefficient (Wildman–Crippen LogP) is 9.78. The Morgan fingerprint density at radius 1 is 0.400 bits per heavy atom. The normalized spacial score (nSPS) is 12.8. The van der Waals surface area contributed by atoms with Gasteiger partial charge in [-0.2, -0.15) is 0 Å². The number of hydrogen-bond donors (Lipinski definition) is 0. The van der Waals surface area contributed by atoms with E-state index < -0.39 is 0 Å². The Bertz CT molecular complexity index is 2250. The molecule has 8 aromatic rings. The molecule has 2 heteroatoms. The van der Waals surface area contributed by atoms with Crippen molar-refractivity contribution in [1.29, 1.82) is 0 Å². The lowest BCUT2D eigenvalue weighted by Gasteiger charge is -2.20. The van der Waals surface area contributed by atoms with Gasteiger partial charge in [-0.1, -0.05) is 127 Å². The summed E-state index contributed by atoms with van der Waals surface area (Å²) >= 11 is 0. The van der Waals surface area contributed by atoms with Crippen LogP contribution in [-0.2, 0) is 13.0 Å². The SMILES string of the molecule is c1ccc(-c2cccc3c4ccc5c6cccc(-c7ccccc7)c6n6c5c4n(c23)CCc2ccccc2-6)cc1. The lowest BCUT2D eigenvalue weighted by Crippen LogP contribution is -2.10. The van der Waals surface area contributed by atoms with Crippen LogP contribution in [0, 0.1) is 0 Å². The van der Waals surface area contributed by atoms with Crippen molar-refractivity contribution >= 4 is 43.6 Å². The van der Waals surface area contributed by atoms with Crippen LogP contribution in [0.5, 0.6) is 0 Å². The van der Waals surface area contributed by atoms with Gasteiger partial charge in [-0.25, -0.2) is 0 Å². The number of para-hydroxylation sites is 3. The summed E-state index contributed by atoms with van der Waals surface area (Å²) in [7, 11) is 0. The smallest absolute Gasteiger partial charge is 0.0785 e. The van der Waals surface area contributed by atoms with Gasteiger partial charge in [0.15, 0.2) is 0 Å². The molecule has 0 aliphatic carbocycles. The zero-order valence-electron chi connectivity index (χ0n) is 22.0. The van der Waals surface area contributed by atoms with Gasteiger partial charge in [0.2, 0.25) is 0 Å². The molecule has 0 unspecified atom stereocenters. The van der Waals surface area contributed by atoms with E-state index in [0.717, 1.165) is 13.0 Å². The largest absolute Gasteiger partial charge is 0.338 e. The summed E-state index contributed by atoms with van der Waals surface area (Å²) in [4.78, 5) is 0. The van der Waals surface area contributed by atoms with Gasteiger partial charge in [0, 0.05) is 44.9 Å². The molecule has 9 rings (SSSR count). The summed E-state index contributed by atoms with van der Waals surface area (Å²) in [6.07, 6.45) is 0.973. The van der Waals surface area contributed by atoms with Crippen LogP contribution in [0.15, 0.2) is 133 Å². The van der Waals surface area contributed by atoms with Crippen molar-refractivity contribution in [2.75, 3.05) is 0 Å². The fourth-order valence-electron chi connectivity index (χ4n) is 7.13. The van der Waals surface area contributed by atoms with Crippen LogP contribution in [0.2, 0.25) is 0 Å². The highest BCUT2D eigenvalue weighted by atomic mass is 15.1. The van der Waals surface area contributed by atoms with E-state index >= 15 is 0 Å². The summed E-state index contributed by atoms with van der Waals surface area (Å²) in [6, 6.07) is 49.0. The van der Waals surface area contributed by atoms with Gasteiger partial charge in [0.25, 0.3) is 0 Å². The molecule has 0 fully saturated rings. The minimum Gasteiger partial charge on any atom is -0.338 e. The average molecular weight is 511 g/mol. The summed E-state index contributed by atoms with van der Waals surface area (Å²) in [5.74, 6) is 0. The van der Waals surface area contributed by atoms with Gasteiger partial charge >= 0.3 is 0 Å². The lowest BCUT2D eigenvalue weighted by atomic mass is 10.0. The number of aryl methyl sites for hydroxylation is 2. The Kier molecular flexibility index (Phi) is 4.48. The molecule has 188 valence electrons. The molecule has 2 nitrogen and oxygen atoms in total. The molecule has 40 heavy (non-hydrogen) atoms.